The highest BCUT2D eigenvalue weighted by Gasteiger charge is 2.25. The molecule has 0 atom stereocenters. The molecule has 0 aliphatic rings. The number of rotatable bonds is 5. The molecule has 0 radical (unpaired) electrons. The van der Waals surface area contributed by atoms with Crippen molar-refractivity contribution < 1.29 is 22.5 Å². The molecule has 0 N–H and O–H groups in total. The lowest BCUT2D eigenvalue weighted by molar-refractivity contribution is -0.385. The van der Waals surface area contributed by atoms with Crippen LogP contribution < -0.4 is 4.74 Å². The van der Waals surface area contributed by atoms with E-state index in [2.05, 4.69) is 0 Å². The second-order valence-electron chi connectivity index (χ2n) is 4.04. The zero-order valence-corrected chi connectivity index (χ0v) is 12.2. The Balaban J connectivity index is 3.35. The van der Waals surface area contributed by atoms with Gasteiger partial charge in [0, 0.05) is 16.7 Å². The summed E-state index contributed by atoms with van der Waals surface area (Å²) in [5.74, 6) is -1.80. The number of allylic oxidation sites excluding steroid dienone is 1. The molecule has 0 heterocycles. The first kappa shape index (κ1) is 16.4. The maximum Gasteiger partial charge on any atom is 0.273 e. The molecule has 20 heavy (non-hydrogen) atoms. The lowest BCUT2D eigenvalue weighted by Gasteiger charge is -2.09. The van der Waals surface area contributed by atoms with Crippen LogP contribution in [-0.2, 0) is 9.05 Å². The summed E-state index contributed by atoms with van der Waals surface area (Å²) in [5.41, 5.74) is 0.152. The van der Waals surface area contributed by atoms with Crippen LogP contribution in [0.3, 0.4) is 0 Å². The van der Waals surface area contributed by atoms with Crippen LogP contribution in [-0.4, -0.2) is 19.9 Å². The van der Waals surface area contributed by atoms with Crippen LogP contribution >= 0.6 is 10.7 Å². The highest BCUT2D eigenvalue weighted by molar-refractivity contribution is 8.13. The van der Waals surface area contributed by atoms with Gasteiger partial charge in [-0.15, -0.1) is 0 Å². The molecule has 9 heteroatoms. The standard InChI is InChI=1S/C11H11ClFNO5S/c1-7(2)3-4-19-11-9(13)5-8(14(15)16)6-10(11)20(12,17)18/h3,5-6H,4H2,1-2H3. The number of halogens is 2. The van der Waals surface area contributed by atoms with Gasteiger partial charge < -0.3 is 4.74 Å². The van der Waals surface area contributed by atoms with E-state index < -0.39 is 36.1 Å². The zero-order valence-electron chi connectivity index (χ0n) is 10.6. The van der Waals surface area contributed by atoms with Crippen molar-refractivity contribution in [2.75, 3.05) is 6.61 Å². The van der Waals surface area contributed by atoms with E-state index in [1.807, 2.05) is 0 Å². The van der Waals surface area contributed by atoms with Crippen LogP contribution in [0.25, 0.3) is 0 Å². The molecule has 0 spiro atoms. The van der Waals surface area contributed by atoms with Gasteiger partial charge in [-0.1, -0.05) is 5.57 Å². The van der Waals surface area contributed by atoms with E-state index >= 15 is 0 Å². The summed E-state index contributed by atoms with van der Waals surface area (Å²) >= 11 is 0. The predicted octanol–water partition coefficient (Wildman–Crippen LogP) is 3.01. The Labute approximate surface area is 119 Å². The first-order valence-electron chi connectivity index (χ1n) is 5.31. The first-order valence-corrected chi connectivity index (χ1v) is 7.62. The summed E-state index contributed by atoms with van der Waals surface area (Å²) in [4.78, 5) is 8.91. The largest absolute Gasteiger partial charge is 0.485 e. The number of nitro benzene ring substituents is 1. The third kappa shape index (κ3) is 4.17. The molecule has 0 bridgehead atoms. The summed E-state index contributed by atoms with van der Waals surface area (Å²) in [6, 6.07) is 1.23. The number of nitrogens with zero attached hydrogens (tertiary/aromatic N) is 1. The molecule has 0 amide bonds. The summed E-state index contributed by atoms with van der Waals surface area (Å²) < 4.78 is 41.5. The second kappa shape index (κ2) is 6.19. The van der Waals surface area contributed by atoms with Gasteiger partial charge in [0.25, 0.3) is 14.7 Å². The first-order chi connectivity index (χ1) is 9.12. The van der Waals surface area contributed by atoms with Crippen molar-refractivity contribution in [1.29, 1.82) is 0 Å². The third-order valence-corrected chi connectivity index (χ3v) is 3.51. The van der Waals surface area contributed by atoms with Gasteiger partial charge in [-0.05, 0) is 19.9 Å². The molecule has 0 aromatic heterocycles. The summed E-state index contributed by atoms with van der Waals surface area (Å²) in [5, 5.41) is 10.6. The van der Waals surface area contributed by atoms with Gasteiger partial charge in [0.15, 0.2) is 11.6 Å². The molecule has 1 aromatic carbocycles. The average molecular weight is 324 g/mol. The SMILES string of the molecule is CC(C)=CCOc1c(F)cc([N+](=O)[O-])cc1S(=O)(=O)Cl. The molecule has 0 saturated heterocycles. The topological polar surface area (TPSA) is 86.5 Å². The van der Waals surface area contributed by atoms with Gasteiger partial charge in [0.2, 0.25) is 0 Å². The molecule has 110 valence electrons. The highest BCUT2D eigenvalue weighted by Crippen LogP contribution is 2.33. The van der Waals surface area contributed by atoms with E-state index in [1.54, 1.807) is 19.9 Å². The predicted molar refractivity (Wildman–Crippen MR) is 71.0 cm³/mol. The average Bonchev–Trinajstić information content (AvgIpc) is 2.28. The van der Waals surface area contributed by atoms with Crippen LogP contribution in [0.15, 0.2) is 28.7 Å². The third-order valence-electron chi connectivity index (χ3n) is 2.19. The van der Waals surface area contributed by atoms with E-state index in [0.29, 0.717) is 12.1 Å². The monoisotopic (exact) mass is 323 g/mol. The van der Waals surface area contributed by atoms with Gasteiger partial charge in [-0.3, -0.25) is 10.1 Å². The van der Waals surface area contributed by atoms with E-state index in [4.69, 9.17) is 15.4 Å². The lowest BCUT2D eigenvalue weighted by Crippen LogP contribution is -2.04. The van der Waals surface area contributed by atoms with Gasteiger partial charge in [0.05, 0.1) is 11.0 Å². The second-order valence-corrected chi connectivity index (χ2v) is 6.58. The van der Waals surface area contributed by atoms with Crippen LogP contribution in [0, 0.1) is 15.9 Å². The van der Waals surface area contributed by atoms with Crippen molar-refractivity contribution in [2.24, 2.45) is 0 Å². The maximum absolute atomic E-state index is 13.8. The quantitative estimate of drug-likeness (QED) is 0.360. The smallest absolute Gasteiger partial charge is 0.273 e. The number of non-ortho nitro benzene ring substituents is 1. The van der Waals surface area contributed by atoms with Crippen molar-refractivity contribution in [3.63, 3.8) is 0 Å². The van der Waals surface area contributed by atoms with Gasteiger partial charge in [-0.2, -0.15) is 0 Å². The van der Waals surface area contributed by atoms with E-state index in [9.17, 15) is 22.9 Å². The highest BCUT2D eigenvalue weighted by atomic mass is 35.7. The van der Waals surface area contributed by atoms with Gasteiger partial charge in [-0.25, -0.2) is 12.8 Å². The van der Waals surface area contributed by atoms with E-state index in [1.165, 1.54) is 0 Å². The molecule has 1 aromatic rings. The number of nitro groups is 1. The Kier molecular flexibility index (Phi) is 5.07. The number of hydrogen-bond donors (Lipinski definition) is 0. The van der Waals surface area contributed by atoms with E-state index in [-0.39, 0.29) is 6.61 Å². The van der Waals surface area contributed by atoms with Crippen molar-refractivity contribution in [3.8, 4) is 5.75 Å². The molecule has 0 unspecified atom stereocenters. The minimum Gasteiger partial charge on any atom is -0.485 e. The minimum absolute atomic E-state index is 0.0868. The molecule has 0 aliphatic carbocycles. The van der Waals surface area contributed by atoms with Gasteiger partial charge >= 0.3 is 0 Å². The zero-order chi connectivity index (χ0) is 15.5. The Bertz CT molecular complexity index is 668. The Morgan fingerprint density at radius 2 is 2.10 bits per heavy atom. The van der Waals surface area contributed by atoms with Crippen molar-refractivity contribution >= 4 is 25.4 Å². The molecule has 0 fully saturated rings. The number of ether oxygens (including phenoxy) is 1. The number of hydrogen-bond acceptors (Lipinski definition) is 5. The van der Waals surface area contributed by atoms with Crippen molar-refractivity contribution in [2.45, 2.75) is 18.7 Å². The fourth-order valence-corrected chi connectivity index (χ4v) is 2.26. The lowest BCUT2D eigenvalue weighted by atomic mass is 10.3. The van der Waals surface area contributed by atoms with Crippen LogP contribution in [0.5, 0.6) is 5.75 Å². The molecular formula is C11H11ClFNO5S. The molecule has 1 rings (SSSR count). The Morgan fingerprint density at radius 1 is 1.50 bits per heavy atom. The molecule has 6 nitrogen and oxygen atoms in total. The molecule has 0 aliphatic heterocycles. The molecule has 0 saturated carbocycles. The van der Waals surface area contributed by atoms with Crippen molar-refractivity contribution in [3.05, 3.63) is 39.7 Å². The summed E-state index contributed by atoms with van der Waals surface area (Å²) in [6.07, 6.45) is 1.59. The van der Waals surface area contributed by atoms with Crippen LogP contribution in [0.4, 0.5) is 10.1 Å². The summed E-state index contributed by atoms with van der Waals surface area (Å²) in [7, 11) is 0.761. The van der Waals surface area contributed by atoms with Crippen LogP contribution in [0.1, 0.15) is 13.8 Å². The van der Waals surface area contributed by atoms with Gasteiger partial charge in [0.1, 0.15) is 11.5 Å². The minimum atomic E-state index is -4.38. The number of benzene rings is 1. The maximum atomic E-state index is 13.8. The Morgan fingerprint density at radius 3 is 2.55 bits per heavy atom. The Hall–Kier alpha value is -1.67. The van der Waals surface area contributed by atoms with Crippen LogP contribution in [0.2, 0.25) is 0 Å². The fourth-order valence-electron chi connectivity index (χ4n) is 1.27. The van der Waals surface area contributed by atoms with E-state index in [0.717, 1.165) is 5.57 Å². The normalized spacial score (nSPS) is 11.0. The molecular weight excluding hydrogens is 313 g/mol. The fraction of sp³-hybridized carbons (Fsp3) is 0.273. The summed E-state index contributed by atoms with van der Waals surface area (Å²) in [6.45, 7) is 3.46. The van der Waals surface area contributed by atoms with Crippen molar-refractivity contribution in [1.82, 2.24) is 0 Å².